The molecule has 3 atom stereocenters. The molecule has 0 saturated carbocycles. The van der Waals surface area contributed by atoms with Gasteiger partial charge in [-0.25, -0.2) is 0 Å². The fourth-order valence-corrected chi connectivity index (χ4v) is 4.27. The summed E-state index contributed by atoms with van der Waals surface area (Å²) in [6.07, 6.45) is 0.630. The van der Waals surface area contributed by atoms with E-state index < -0.39 is 18.2 Å². The van der Waals surface area contributed by atoms with Gasteiger partial charge in [-0.15, -0.1) is 0 Å². The summed E-state index contributed by atoms with van der Waals surface area (Å²) in [7, 11) is 1.53. The summed E-state index contributed by atoms with van der Waals surface area (Å²) in [5.41, 5.74) is 0.397. The Morgan fingerprint density at radius 2 is 2.03 bits per heavy atom. The number of rotatable bonds is 14. The molecule has 0 saturated heterocycles. The lowest BCUT2D eigenvalue weighted by Crippen LogP contribution is -2.55. The van der Waals surface area contributed by atoms with Crippen molar-refractivity contribution in [3.63, 3.8) is 0 Å². The normalized spacial score (nSPS) is 19.9. The van der Waals surface area contributed by atoms with Gasteiger partial charge >= 0.3 is 0 Å². The molecule has 1 aliphatic carbocycles. The summed E-state index contributed by atoms with van der Waals surface area (Å²) >= 11 is 2.14. The van der Waals surface area contributed by atoms with Gasteiger partial charge in [0.2, 0.25) is 11.8 Å². The molecule has 10 heteroatoms. The van der Waals surface area contributed by atoms with Crippen LogP contribution in [0.1, 0.15) is 26.2 Å². The minimum atomic E-state index is -1.05. The molecule has 0 aliphatic heterocycles. The third-order valence-electron chi connectivity index (χ3n) is 5.45. The van der Waals surface area contributed by atoms with Crippen molar-refractivity contribution < 1.29 is 34.0 Å². The van der Waals surface area contributed by atoms with Crippen LogP contribution in [0.4, 0.5) is 0 Å². The molecule has 9 nitrogen and oxygen atoms in total. The minimum Gasteiger partial charge on any atom is -0.482 e. The number of aliphatic hydroxyl groups excluding tert-OH is 2. The van der Waals surface area contributed by atoms with Crippen molar-refractivity contribution in [3.8, 4) is 5.75 Å². The average Bonchev–Trinajstić information content (AvgIpc) is 2.84. The van der Waals surface area contributed by atoms with Gasteiger partial charge in [0, 0.05) is 45.4 Å². The van der Waals surface area contributed by atoms with Gasteiger partial charge in [-0.2, -0.15) is 0 Å². The maximum atomic E-state index is 13.1. The highest BCUT2D eigenvalue weighted by atomic mass is 127. The van der Waals surface area contributed by atoms with Gasteiger partial charge in [0.1, 0.15) is 18.0 Å². The quantitative estimate of drug-likeness (QED) is 0.222. The van der Waals surface area contributed by atoms with E-state index in [-0.39, 0.29) is 44.4 Å². The largest absolute Gasteiger partial charge is 0.482 e. The lowest BCUT2D eigenvalue weighted by molar-refractivity contribution is -0.139. The zero-order valence-electron chi connectivity index (χ0n) is 19.7. The number of nitrogens with zero attached hydrogens (tertiary/aromatic N) is 1. The first-order valence-electron chi connectivity index (χ1n) is 11.5. The predicted molar refractivity (Wildman–Crippen MR) is 135 cm³/mol. The zero-order chi connectivity index (χ0) is 24.9. The Balaban J connectivity index is 2.33. The smallest absolute Gasteiger partial charge is 0.247 e. The molecular weight excluding hydrogens is 555 g/mol. The highest BCUT2D eigenvalue weighted by Crippen LogP contribution is 2.30. The fraction of sp³-hybridized carbons (Fsp3) is 0.583. The molecule has 3 unspecified atom stereocenters. The van der Waals surface area contributed by atoms with E-state index in [0.29, 0.717) is 37.5 Å². The molecule has 0 fully saturated rings. The second-order valence-electron chi connectivity index (χ2n) is 7.83. The Kier molecular flexibility index (Phi) is 12.8. The topological polar surface area (TPSA) is 118 Å². The maximum Gasteiger partial charge on any atom is 0.247 e. The van der Waals surface area contributed by atoms with E-state index in [4.69, 9.17) is 19.3 Å². The van der Waals surface area contributed by atoms with Crippen molar-refractivity contribution in [2.75, 3.05) is 46.6 Å². The van der Waals surface area contributed by atoms with Crippen LogP contribution in [-0.2, 0) is 19.1 Å². The second kappa shape index (κ2) is 15.3. The van der Waals surface area contributed by atoms with E-state index in [0.717, 1.165) is 3.57 Å². The van der Waals surface area contributed by atoms with Crippen LogP contribution in [0.25, 0.3) is 0 Å². The first-order valence-corrected chi connectivity index (χ1v) is 12.6. The van der Waals surface area contributed by atoms with E-state index in [1.165, 1.54) is 7.11 Å². The predicted octanol–water partition coefficient (Wildman–Crippen LogP) is 1.50. The number of halogens is 1. The van der Waals surface area contributed by atoms with E-state index in [2.05, 4.69) is 27.9 Å². The summed E-state index contributed by atoms with van der Waals surface area (Å²) in [6, 6.07) is 6.72. The molecule has 0 bridgehead atoms. The number of amides is 2. The molecule has 190 valence electrons. The lowest BCUT2D eigenvalue weighted by atomic mass is 9.88. The summed E-state index contributed by atoms with van der Waals surface area (Å²) < 4.78 is 17.5. The van der Waals surface area contributed by atoms with Crippen LogP contribution in [0.3, 0.4) is 0 Å². The summed E-state index contributed by atoms with van der Waals surface area (Å²) in [4.78, 5) is 27.5. The zero-order valence-corrected chi connectivity index (χ0v) is 21.9. The van der Waals surface area contributed by atoms with Gasteiger partial charge in [0.05, 0.1) is 29.2 Å². The Labute approximate surface area is 214 Å². The standard InChI is InChI=1S/C24H35IN2O7/c1-3-33-13-6-11-27(22(29)9-14-32-2)19-15-17(24(31)26-10-12-28)16-21(23(19)30)34-20-8-5-4-7-18(20)25/h4-5,7-8,16,19,21,23,28,30H,3,6,9-15H2,1-2H3,(H,26,31). The molecular formula is C24H35IN2O7. The number of carbonyl (C=O) groups excluding carboxylic acids is 2. The number of ether oxygens (including phenoxy) is 3. The van der Waals surface area contributed by atoms with Crippen molar-refractivity contribution >= 4 is 34.4 Å². The van der Waals surface area contributed by atoms with Gasteiger partial charge in [-0.1, -0.05) is 12.1 Å². The third-order valence-corrected chi connectivity index (χ3v) is 6.34. The third kappa shape index (κ3) is 8.49. The van der Waals surface area contributed by atoms with Gasteiger partial charge in [0.25, 0.3) is 0 Å². The molecule has 1 aliphatic rings. The average molecular weight is 590 g/mol. The van der Waals surface area contributed by atoms with Crippen molar-refractivity contribution in [1.82, 2.24) is 10.2 Å². The summed E-state index contributed by atoms with van der Waals surface area (Å²) in [5, 5.41) is 23.1. The number of hydrogen-bond donors (Lipinski definition) is 3. The van der Waals surface area contributed by atoms with Crippen LogP contribution in [0.2, 0.25) is 0 Å². The monoisotopic (exact) mass is 590 g/mol. The second-order valence-corrected chi connectivity index (χ2v) is 8.99. The van der Waals surface area contributed by atoms with Crippen LogP contribution < -0.4 is 10.1 Å². The van der Waals surface area contributed by atoms with Crippen molar-refractivity contribution in [2.45, 2.75) is 44.4 Å². The first-order chi connectivity index (χ1) is 16.4. The van der Waals surface area contributed by atoms with Gasteiger partial charge in [-0.3, -0.25) is 9.59 Å². The number of para-hydroxylation sites is 1. The SMILES string of the molecule is CCOCCCN(C(=O)CCOC)C1CC(C(=O)NCCO)=CC(Oc2ccccc2I)C1O. The molecule has 0 aromatic heterocycles. The number of hydrogen-bond acceptors (Lipinski definition) is 7. The Morgan fingerprint density at radius 3 is 2.71 bits per heavy atom. The maximum absolute atomic E-state index is 13.1. The molecule has 0 radical (unpaired) electrons. The van der Waals surface area contributed by atoms with Crippen LogP contribution in [0.15, 0.2) is 35.9 Å². The summed E-state index contributed by atoms with van der Waals surface area (Å²) in [5.74, 6) is 0.0427. The number of carbonyl (C=O) groups is 2. The first kappa shape index (κ1) is 28.5. The van der Waals surface area contributed by atoms with Crippen LogP contribution in [0, 0.1) is 3.57 Å². The number of aliphatic hydroxyl groups is 2. The van der Waals surface area contributed by atoms with Gasteiger partial charge in [0.15, 0.2) is 0 Å². The highest BCUT2D eigenvalue weighted by Gasteiger charge is 2.40. The van der Waals surface area contributed by atoms with Crippen molar-refractivity contribution in [1.29, 1.82) is 0 Å². The minimum absolute atomic E-state index is 0.107. The molecule has 2 amide bonds. The summed E-state index contributed by atoms with van der Waals surface area (Å²) in [6.45, 7) is 3.50. The van der Waals surface area contributed by atoms with Crippen molar-refractivity contribution in [3.05, 3.63) is 39.5 Å². The van der Waals surface area contributed by atoms with Crippen LogP contribution >= 0.6 is 22.6 Å². The molecule has 3 N–H and O–H groups in total. The molecule has 0 spiro atoms. The number of benzene rings is 1. The Morgan fingerprint density at radius 1 is 1.26 bits per heavy atom. The molecule has 1 aromatic carbocycles. The van der Waals surface area contributed by atoms with Gasteiger partial charge in [-0.05, 0) is 54.1 Å². The van der Waals surface area contributed by atoms with E-state index in [1.54, 1.807) is 17.0 Å². The van der Waals surface area contributed by atoms with Crippen LogP contribution in [0.5, 0.6) is 5.75 Å². The van der Waals surface area contributed by atoms with E-state index in [9.17, 15) is 14.7 Å². The number of nitrogens with one attached hydrogen (secondary N) is 1. The van der Waals surface area contributed by atoms with Crippen molar-refractivity contribution in [2.24, 2.45) is 0 Å². The fourth-order valence-electron chi connectivity index (χ4n) is 3.76. The van der Waals surface area contributed by atoms with Crippen LogP contribution in [-0.4, -0.2) is 91.8 Å². The highest BCUT2D eigenvalue weighted by molar-refractivity contribution is 14.1. The van der Waals surface area contributed by atoms with E-state index >= 15 is 0 Å². The van der Waals surface area contributed by atoms with Gasteiger partial charge < -0.3 is 34.6 Å². The van der Waals surface area contributed by atoms with E-state index in [1.807, 2.05) is 25.1 Å². The molecule has 34 heavy (non-hydrogen) atoms. The lowest BCUT2D eigenvalue weighted by Gasteiger charge is -2.40. The molecule has 0 heterocycles. The Hall–Kier alpha value is -1.73. The number of methoxy groups -OCH3 is 1. The Bertz CT molecular complexity index is 820. The molecule has 1 aromatic rings. The molecule has 2 rings (SSSR count).